The van der Waals surface area contributed by atoms with Crippen LogP contribution < -0.4 is 4.74 Å². The Bertz CT molecular complexity index is 1050. The number of benzene rings is 1. The molecule has 35 heavy (non-hydrogen) atoms. The minimum Gasteiger partial charge on any atom is -0.503 e. The normalized spacial score (nSPS) is 19.2. The van der Waals surface area contributed by atoms with E-state index in [1.807, 2.05) is 31.2 Å². The van der Waals surface area contributed by atoms with Gasteiger partial charge >= 0.3 is 0 Å². The number of nitrogens with zero attached hydrogens (tertiary/aromatic N) is 2. The van der Waals surface area contributed by atoms with E-state index < -0.39 is 23.5 Å². The van der Waals surface area contributed by atoms with Crippen LogP contribution in [0.15, 0.2) is 64.5 Å². The van der Waals surface area contributed by atoms with Gasteiger partial charge in [-0.25, -0.2) is 0 Å². The molecule has 1 aromatic carbocycles. The number of ketones is 1. The topological polar surface area (TPSA) is 92.5 Å². The van der Waals surface area contributed by atoms with Crippen molar-refractivity contribution in [3.05, 3.63) is 71.4 Å². The maximum absolute atomic E-state index is 13.2. The molecule has 8 nitrogen and oxygen atoms in total. The molecule has 8 heteroatoms. The van der Waals surface area contributed by atoms with Gasteiger partial charge in [0.1, 0.15) is 11.5 Å². The number of aliphatic hydroxyl groups is 1. The van der Waals surface area contributed by atoms with Gasteiger partial charge in [0, 0.05) is 26.2 Å². The third kappa shape index (κ3) is 6.01. The molecule has 2 aromatic rings. The van der Waals surface area contributed by atoms with Crippen LogP contribution in [-0.4, -0.2) is 72.6 Å². The number of hydrogen-bond acceptors (Lipinski definition) is 7. The average molecular weight is 481 g/mol. The summed E-state index contributed by atoms with van der Waals surface area (Å²) in [5.74, 6) is -0.226. The van der Waals surface area contributed by atoms with Gasteiger partial charge in [0.05, 0.1) is 37.7 Å². The van der Waals surface area contributed by atoms with Gasteiger partial charge in [-0.1, -0.05) is 19.1 Å². The number of hydrogen-bond donors (Lipinski definition) is 1. The lowest BCUT2D eigenvalue weighted by Crippen LogP contribution is -2.39. The fraction of sp³-hybridized carbons (Fsp3) is 0.407. The van der Waals surface area contributed by atoms with Gasteiger partial charge in [0.25, 0.3) is 5.91 Å². The molecule has 1 aromatic heterocycles. The Hall–Kier alpha value is -3.36. The number of aliphatic hydroxyl groups excluding tert-OH is 1. The molecule has 0 saturated carbocycles. The zero-order valence-electron chi connectivity index (χ0n) is 20.0. The first kappa shape index (κ1) is 24.8. The van der Waals surface area contributed by atoms with E-state index in [0.29, 0.717) is 32.1 Å². The van der Waals surface area contributed by atoms with E-state index >= 15 is 0 Å². The predicted molar refractivity (Wildman–Crippen MR) is 131 cm³/mol. The molecule has 3 heterocycles. The molecule has 0 bridgehead atoms. The molecule has 2 aliphatic rings. The summed E-state index contributed by atoms with van der Waals surface area (Å²) < 4.78 is 16.3. The highest BCUT2D eigenvalue weighted by atomic mass is 16.5. The second kappa shape index (κ2) is 11.9. The number of amides is 1. The molecule has 4 rings (SSSR count). The van der Waals surface area contributed by atoms with E-state index in [4.69, 9.17) is 13.9 Å². The first-order chi connectivity index (χ1) is 17.1. The van der Waals surface area contributed by atoms with E-state index in [9.17, 15) is 14.7 Å². The van der Waals surface area contributed by atoms with Gasteiger partial charge in [-0.05, 0) is 54.8 Å². The highest BCUT2D eigenvalue weighted by Crippen LogP contribution is 2.38. The number of carbonyl (C=O) groups excluding carboxylic acids is 2. The van der Waals surface area contributed by atoms with Crippen molar-refractivity contribution in [3.8, 4) is 5.75 Å². The van der Waals surface area contributed by atoms with Crippen LogP contribution in [0.5, 0.6) is 5.75 Å². The fourth-order valence-corrected chi connectivity index (χ4v) is 4.37. The molecule has 1 N–H and O–H groups in total. The molecule has 1 amide bonds. The van der Waals surface area contributed by atoms with Gasteiger partial charge < -0.3 is 23.9 Å². The predicted octanol–water partition coefficient (Wildman–Crippen LogP) is 3.77. The number of carbonyl (C=O) groups is 2. The van der Waals surface area contributed by atoms with Crippen molar-refractivity contribution >= 4 is 17.8 Å². The highest BCUT2D eigenvalue weighted by Gasteiger charge is 2.42. The molecular formula is C27H32N2O6. The quantitative estimate of drug-likeness (QED) is 0.490. The molecule has 1 fully saturated rings. The molecule has 0 aliphatic carbocycles. The monoisotopic (exact) mass is 480 g/mol. The zero-order chi connectivity index (χ0) is 24.6. The van der Waals surface area contributed by atoms with Gasteiger partial charge in [-0.2, -0.15) is 0 Å². The van der Waals surface area contributed by atoms with Gasteiger partial charge in [-0.3, -0.25) is 14.5 Å². The van der Waals surface area contributed by atoms with Gasteiger partial charge in [0.15, 0.2) is 11.5 Å². The number of allylic oxidation sites excluding steroid dienone is 1. The van der Waals surface area contributed by atoms with Crippen LogP contribution in [0.2, 0.25) is 0 Å². The Balaban J connectivity index is 1.56. The summed E-state index contributed by atoms with van der Waals surface area (Å²) in [6.45, 7) is 7.01. The van der Waals surface area contributed by atoms with E-state index in [0.717, 1.165) is 43.8 Å². The first-order valence-electron chi connectivity index (χ1n) is 12.1. The van der Waals surface area contributed by atoms with Crippen LogP contribution >= 0.6 is 0 Å². The summed E-state index contributed by atoms with van der Waals surface area (Å²) in [7, 11) is 0. The third-order valence-corrected chi connectivity index (χ3v) is 6.16. The van der Waals surface area contributed by atoms with Crippen molar-refractivity contribution in [2.75, 3.05) is 46.0 Å². The van der Waals surface area contributed by atoms with Crippen molar-refractivity contribution in [1.29, 1.82) is 0 Å². The minimum atomic E-state index is -0.679. The Labute approximate surface area is 205 Å². The van der Waals surface area contributed by atoms with Crippen molar-refractivity contribution in [3.63, 3.8) is 0 Å². The van der Waals surface area contributed by atoms with E-state index in [1.54, 1.807) is 17.0 Å². The Morgan fingerprint density at radius 1 is 1.17 bits per heavy atom. The van der Waals surface area contributed by atoms with Crippen molar-refractivity contribution in [2.45, 2.75) is 25.8 Å². The standard InChI is InChI=1S/C27H32N2O6/c1-2-16-34-22-8-6-20(7-9-22)25-24(23(30)11-10-21-5-3-17-35-21)26(31)27(32)29(25)13-4-12-28-14-18-33-19-15-28/h3,5-11,17,25,31H,2,4,12-16,18-19H2,1H3/b11-10+. The summed E-state index contributed by atoms with van der Waals surface area (Å²) in [5.41, 5.74) is 0.818. The van der Waals surface area contributed by atoms with Gasteiger partial charge in [0.2, 0.25) is 0 Å². The van der Waals surface area contributed by atoms with E-state index in [1.165, 1.54) is 18.4 Å². The fourth-order valence-electron chi connectivity index (χ4n) is 4.37. The molecule has 1 saturated heterocycles. The Kier molecular flexibility index (Phi) is 8.39. The van der Waals surface area contributed by atoms with Crippen molar-refractivity contribution < 1.29 is 28.6 Å². The maximum atomic E-state index is 13.2. The lowest BCUT2D eigenvalue weighted by atomic mass is 9.95. The minimum absolute atomic E-state index is 0.0754. The SMILES string of the molecule is CCCOc1ccc(C2C(C(=O)/C=C/c3ccco3)=C(O)C(=O)N2CCCN2CCOCC2)cc1. The maximum Gasteiger partial charge on any atom is 0.290 e. The number of rotatable bonds is 11. The molecule has 2 aliphatic heterocycles. The number of furan rings is 1. The average Bonchev–Trinajstić information content (AvgIpc) is 3.49. The largest absolute Gasteiger partial charge is 0.503 e. The highest BCUT2D eigenvalue weighted by molar-refractivity contribution is 6.14. The molecule has 0 spiro atoms. The van der Waals surface area contributed by atoms with Crippen molar-refractivity contribution in [1.82, 2.24) is 9.80 Å². The summed E-state index contributed by atoms with van der Waals surface area (Å²) >= 11 is 0. The summed E-state index contributed by atoms with van der Waals surface area (Å²) in [5, 5.41) is 10.8. The number of morpholine rings is 1. The summed E-state index contributed by atoms with van der Waals surface area (Å²) in [4.78, 5) is 30.2. The van der Waals surface area contributed by atoms with Crippen LogP contribution in [0.4, 0.5) is 0 Å². The van der Waals surface area contributed by atoms with E-state index in [2.05, 4.69) is 4.90 Å². The zero-order valence-corrected chi connectivity index (χ0v) is 20.0. The molecule has 0 radical (unpaired) electrons. The summed E-state index contributed by atoms with van der Waals surface area (Å²) in [6.07, 6.45) is 6.00. The van der Waals surface area contributed by atoms with Crippen molar-refractivity contribution in [2.24, 2.45) is 0 Å². The van der Waals surface area contributed by atoms with Crippen LogP contribution in [0, 0.1) is 0 Å². The van der Waals surface area contributed by atoms with Gasteiger partial charge in [-0.15, -0.1) is 0 Å². The lowest BCUT2D eigenvalue weighted by Gasteiger charge is -2.30. The van der Waals surface area contributed by atoms with Crippen LogP contribution in [-0.2, 0) is 14.3 Å². The Morgan fingerprint density at radius 3 is 2.63 bits per heavy atom. The Morgan fingerprint density at radius 2 is 1.94 bits per heavy atom. The first-order valence-corrected chi connectivity index (χ1v) is 12.1. The molecule has 1 unspecified atom stereocenters. The summed E-state index contributed by atoms with van der Waals surface area (Å²) in [6, 6.07) is 10.1. The smallest absolute Gasteiger partial charge is 0.290 e. The van der Waals surface area contributed by atoms with Crippen LogP contribution in [0.1, 0.15) is 37.1 Å². The third-order valence-electron chi connectivity index (χ3n) is 6.16. The second-order valence-electron chi connectivity index (χ2n) is 8.60. The molecular weight excluding hydrogens is 448 g/mol. The van der Waals surface area contributed by atoms with Crippen LogP contribution in [0.25, 0.3) is 6.08 Å². The lowest BCUT2D eigenvalue weighted by molar-refractivity contribution is -0.129. The second-order valence-corrected chi connectivity index (χ2v) is 8.60. The number of ether oxygens (including phenoxy) is 2. The molecule has 186 valence electrons. The molecule has 1 atom stereocenters. The van der Waals surface area contributed by atoms with Crippen LogP contribution in [0.3, 0.4) is 0 Å². The van der Waals surface area contributed by atoms with E-state index in [-0.39, 0.29) is 5.57 Å².